The van der Waals surface area contributed by atoms with E-state index in [1.807, 2.05) is 11.8 Å². The molecule has 0 amide bonds. The maximum absolute atomic E-state index is 12.5. The number of hydrogen-bond acceptors (Lipinski definition) is 4. The van der Waals surface area contributed by atoms with Crippen LogP contribution in [0.3, 0.4) is 0 Å². The zero-order valence-electron chi connectivity index (χ0n) is 10.9. The maximum atomic E-state index is 12.5. The number of carbonyl (C=O) groups excluding carboxylic acids is 1. The highest BCUT2D eigenvalue weighted by atomic mass is 32.2. The van der Waals surface area contributed by atoms with Gasteiger partial charge in [-0.2, -0.15) is 11.8 Å². The van der Waals surface area contributed by atoms with Crippen LogP contribution >= 0.6 is 11.8 Å². The van der Waals surface area contributed by atoms with Crippen molar-refractivity contribution in [3.63, 3.8) is 0 Å². The Labute approximate surface area is 113 Å². The molecule has 3 saturated heterocycles. The molecule has 3 fully saturated rings. The Bertz CT molecular complexity index is 301. The first kappa shape index (κ1) is 12.9. The lowest BCUT2D eigenvalue weighted by atomic mass is 9.76. The second-order valence-corrected chi connectivity index (χ2v) is 6.95. The molecule has 1 spiro atoms. The highest BCUT2D eigenvalue weighted by Crippen LogP contribution is 2.39. The summed E-state index contributed by atoms with van der Waals surface area (Å²) in [5.74, 6) is 3.31. The molecule has 0 bridgehead atoms. The van der Waals surface area contributed by atoms with E-state index in [0.717, 1.165) is 57.7 Å². The number of hydrogen-bond donors (Lipinski definition) is 0. The van der Waals surface area contributed by atoms with Gasteiger partial charge in [0.1, 0.15) is 5.78 Å². The maximum Gasteiger partial charge on any atom is 0.140 e. The van der Waals surface area contributed by atoms with E-state index in [2.05, 4.69) is 0 Å². The summed E-state index contributed by atoms with van der Waals surface area (Å²) in [6.45, 7) is 2.34. The highest BCUT2D eigenvalue weighted by molar-refractivity contribution is 7.99. The van der Waals surface area contributed by atoms with Crippen LogP contribution in [0.4, 0.5) is 0 Å². The van der Waals surface area contributed by atoms with Crippen molar-refractivity contribution in [2.45, 2.75) is 37.7 Å². The first-order valence-electron chi connectivity index (χ1n) is 7.12. The Morgan fingerprint density at radius 1 is 1.11 bits per heavy atom. The lowest BCUT2D eigenvalue weighted by molar-refractivity contribution is -0.158. The Morgan fingerprint density at radius 3 is 2.67 bits per heavy atom. The van der Waals surface area contributed by atoms with Crippen LogP contribution in [0.2, 0.25) is 0 Å². The molecule has 3 rings (SSSR count). The number of Topliss-reactive ketones (excluding diaryl/α,β-unsaturated/α-hetero) is 1. The Hall–Kier alpha value is -0.0600. The average Bonchev–Trinajstić information content (AvgIpc) is 2.93. The second-order valence-electron chi connectivity index (χ2n) is 5.80. The van der Waals surface area contributed by atoms with E-state index in [1.165, 1.54) is 5.75 Å². The van der Waals surface area contributed by atoms with Crippen molar-refractivity contribution in [1.82, 2.24) is 0 Å². The van der Waals surface area contributed by atoms with Gasteiger partial charge < -0.3 is 9.47 Å². The molecule has 102 valence electrons. The van der Waals surface area contributed by atoms with Gasteiger partial charge in [0.2, 0.25) is 0 Å². The summed E-state index contributed by atoms with van der Waals surface area (Å²) in [4.78, 5) is 12.5. The molecule has 3 aliphatic rings. The van der Waals surface area contributed by atoms with Crippen LogP contribution in [-0.2, 0) is 14.3 Å². The Morgan fingerprint density at radius 2 is 1.94 bits per heavy atom. The van der Waals surface area contributed by atoms with Gasteiger partial charge in [0.25, 0.3) is 0 Å². The standard InChI is InChI=1S/C14H22O3S/c15-13(12-2-8-18-10-12)11-1-5-17-14(9-11)3-6-16-7-4-14/h11-12H,1-10H2. The number of rotatable bonds is 2. The second kappa shape index (κ2) is 5.51. The zero-order chi connectivity index (χ0) is 12.4. The van der Waals surface area contributed by atoms with Crippen molar-refractivity contribution in [3.05, 3.63) is 0 Å². The SMILES string of the molecule is O=C(C1CCSC1)C1CCOC2(CCOCC2)C1. The predicted octanol–water partition coefficient (Wildman–Crippen LogP) is 2.28. The van der Waals surface area contributed by atoms with Crippen molar-refractivity contribution in [1.29, 1.82) is 0 Å². The van der Waals surface area contributed by atoms with Crippen LogP contribution < -0.4 is 0 Å². The Kier molecular flexibility index (Phi) is 3.97. The molecule has 4 heteroatoms. The molecule has 0 aliphatic carbocycles. The lowest BCUT2D eigenvalue weighted by Crippen LogP contribution is -2.46. The monoisotopic (exact) mass is 270 g/mol. The summed E-state index contributed by atoms with van der Waals surface area (Å²) in [5.41, 5.74) is -0.0391. The summed E-state index contributed by atoms with van der Waals surface area (Å²) in [6, 6.07) is 0. The third-order valence-corrected chi connectivity index (χ3v) is 5.79. The summed E-state index contributed by atoms with van der Waals surface area (Å²) < 4.78 is 11.4. The average molecular weight is 270 g/mol. The van der Waals surface area contributed by atoms with E-state index in [4.69, 9.17) is 9.47 Å². The smallest absolute Gasteiger partial charge is 0.140 e. The molecule has 0 N–H and O–H groups in total. The van der Waals surface area contributed by atoms with Gasteiger partial charge in [-0.15, -0.1) is 0 Å². The van der Waals surface area contributed by atoms with Crippen molar-refractivity contribution >= 4 is 17.5 Å². The van der Waals surface area contributed by atoms with Crippen molar-refractivity contribution in [2.75, 3.05) is 31.3 Å². The van der Waals surface area contributed by atoms with Crippen LogP contribution in [0.1, 0.15) is 32.1 Å². The molecule has 0 aromatic rings. The summed E-state index contributed by atoms with van der Waals surface area (Å²) in [7, 11) is 0. The largest absolute Gasteiger partial charge is 0.381 e. The number of carbonyl (C=O) groups is 1. The van der Waals surface area contributed by atoms with E-state index in [-0.39, 0.29) is 11.5 Å². The summed E-state index contributed by atoms with van der Waals surface area (Å²) in [6.07, 6.45) is 4.91. The quantitative estimate of drug-likeness (QED) is 0.771. The number of ketones is 1. The van der Waals surface area contributed by atoms with Gasteiger partial charge in [-0.25, -0.2) is 0 Å². The minimum Gasteiger partial charge on any atom is -0.381 e. The van der Waals surface area contributed by atoms with E-state index in [1.54, 1.807) is 0 Å². The van der Waals surface area contributed by atoms with Crippen LogP contribution in [0.15, 0.2) is 0 Å². The molecule has 0 aromatic carbocycles. The highest BCUT2D eigenvalue weighted by Gasteiger charge is 2.42. The fraction of sp³-hybridized carbons (Fsp3) is 0.929. The van der Waals surface area contributed by atoms with Crippen LogP contribution in [0, 0.1) is 11.8 Å². The third kappa shape index (κ3) is 2.61. The summed E-state index contributed by atoms with van der Waals surface area (Å²) in [5, 5.41) is 0. The molecule has 3 aliphatic heterocycles. The van der Waals surface area contributed by atoms with Crippen LogP contribution in [0.5, 0.6) is 0 Å². The van der Waals surface area contributed by atoms with Gasteiger partial charge in [0, 0.05) is 37.4 Å². The molecule has 3 nitrogen and oxygen atoms in total. The van der Waals surface area contributed by atoms with E-state index >= 15 is 0 Å². The van der Waals surface area contributed by atoms with E-state index in [0.29, 0.717) is 11.7 Å². The molecular weight excluding hydrogens is 248 g/mol. The molecular formula is C14H22O3S. The van der Waals surface area contributed by atoms with Crippen molar-refractivity contribution in [3.8, 4) is 0 Å². The van der Waals surface area contributed by atoms with Gasteiger partial charge in [-0.05, 0) is 37.9 Å². The normalized spacial score (nSPS) is 35.8. The minimum absolute atomic E-state index is 0.0391. The van der Waals surface area contributed by atoms with E-state index < -0.39 is 0 Å². The molecule has 2 atom stereocenters. The van der Waals surface area contributed by atoms with Crippen LogP contribution in [0.25, 0.3) is 0 Å². The lowest BCUT2D eigenvalue weighted by Gasteiger charge is -2.43. The van der Waals surface area contributed by atoms with Gasteiger partial charge in [-0.3, -0.25) is 4.79 Å². The van der Waals surface area contributed by atoms with E-state index in [9.17, 15) is 4.79 Å². The fourth-order valence-electron chi connectivity index (χ4n) is 3.45. The first-order valence-corrected chi connectivity index (χ1v) is 8.28. The van der Waals surface area contributed by atoms with Gasteiger partial charge in [-0.1, -0.05) is 0 Å². The molecule has 0 saturated carbocycles. The minimum atomic E-state index is -0.0391. The van der Waals surface area contributed by atoms with Gasteiger partial charge in [0.15, 0.2) is 0 Å². The molecule has 0 radical (unpaired) electrons. The molecule has 2 unspecified atom stereocenters. The summed E-state index contributed by atoms with van der Waals surface area (Å²) >= 11 is 1.93. The van der Waals surface area contributed by atoms with Crippen molar-refractivity contribution < 1.29 is 14.3 Å². The third-order valence-electron chi connectivity index (χ3n) is 4.63. The molecule has 0 aromatic heterocycles. The fourth-order valence-corrected chi connectivity index (χ4v) is 4.69. The molecule has 3 heterocycles. The predicted molar refractivity (Wildman–Crippen MR) is 71.9 cm³/mol. The first-order chi connectivity index (χ1) is 8.79. The van der Waals surface area contributed by atoms with Gasteiger partial charge in [0.05, 0.1) is 5.60 Å². The topological polar surface area (TPSA) is 35.5 Å². The van der Waals surface area contributed by atoms with Crippen molar-refractivity contribution in [2.24, 2.45) is 11.8 Å². The zero-order valence-corrected chi connectivity index (χ0v) is 11.7. The van der Waals surface area contributed by atoms with Crippen LogP contribution in [-0.4, -0.2) is 42.7 Å². The number of thioether (sulfide) groups is 1. The van der Waals surface area contributed by atoms with Gasteiger partial charge >= 0.3 is 0 Å². The molecule has 18 heavy (non-hydrogen) atoms. The Balaban J connectivity index is 1.64. The number of ether oxygens (including phenoxy) is 2.